The molecule has 2 aliphatic rings. The maximum Gasteiger partial charge on any atom is 0.247 e. The van der Waals surface area contributed by atoms with E-state index in [9.17, 15) is 19.2 Å². The van der Waals surface area contributed by atoms with E-state index in [-0.39, 0.29) is 49.6 Å². The molecule has 2 aliphatic heterocycles. The lowest BCUT2D eigenvalue weighted by molar-refractivity contribution is -0.140. The monoisotopic (exact) mass is 391 g/mol. The van der Waals surface area contributed by atoms with Crippen LogP contribution in [0.15, 0.2) is 60.7 Å². The molecule has 0 aliphatic carbocycles. The summed E-state index contributed by atoms with van der Waals surface area (Å²) in [5, 5.41) is 2.95. The van der Waals surface area contributed by atoms with Gasteiger partial charge in [-0.05, 0) is 11.1 Å². The average Bonchev–Trinajstić information content (AvgIpc) is 3.14. The summed E-state index contributed by atoms with van der Waals surface area (Å²) in [7, 11) is 0. The van der Waals surface area contributed by atoms with E-state index in [1.807, 2.05) is 60.7 Å². The number of carbonyl (C=O) groups excluding carboxylic acids is 4. The third-order valence-corrected chi connectivity index (χ3v) is 5.26. The number of rotatable bonds is 6. The third kappa shape index (κ3) is 3.95. The largest absolute Gasteiger partial charge is 0.294 e. The highest BCUT2D eigenvalue weighted by Crippen LogP contribution is 2.21. The maximum absolute atomic E-state index is 12.7. The quantitative estimate of drug-likeness (QED) is 0.749. The van der Waals surface area contributed by atoms with Gasteiger partial charge in [0.2, 0.25) is 23.6 Å². The van der Waals surface area contributed by atoms with Crippen LogP contribution in [0.4, 0.5) is 0 Å². The molecule has 1 N–H and O–H groups in total. The fraction of sp³-hybridized carbons (Fsp3) is 0.273. The second kappa shape index (κ2) is 7.97. The number of nitrogens with zero attached hydrogens (tertiary/aromatic N) is 2. The van der Waals surface area contributed by atoms with Crippen molar-refractivity contribution in [3.8, 4) is 0 Å². The normalized spacial score (nSPS) is 22.1. The molecule has 2 saturated heterocycles. The topological polar surface area (TPSA) is 86.8 Å². The van der Waals surface area contributed by atoms with Gasteiger partial charge in [0.25, 0.3) is 0 Å². The Balaban J connectivity index is 1.40. The van der Waals surface area contributed by atoms with Gasteiger partial charge in [0.05, 0.1) is 38.0 Å². The van der Waals surface area contributed by atoms with E-state index in [1.54, 1.807) is 0 Å². The molecule has 0 spiro atoms. The number of amides is 4. The smallest absolute Gasteiger partial charge is 0.247 e. The lowest BCUT2D eigenvalue weighted by Gasteiger charge is -2.18. The van der Waals surface area contributed by atoms with Gasteiger partial charge in [0.1, 0.15) is 0 Å². The molecule has 2 aromatic carbocycles. The highest BCUT2D eigenvalue weighted by Gasteiger charge is 2.44. The first kappa shape index (κ1) is 19.0. The Hall–Kier alpha value is -3.32. The molecule has 4 rings (SSSR count). The van der Waals surface area contributed by atoms with Crippen molar-refractivity contribution in [3.05, 3.63) is 71.8 Å². The van der Waals surface area contributed by atoms with Gasteiger partial charge in [-0.3, -0.25) is 34.3 Å². The van der Waals surface area contributed by atoms with Crippen LogP contribution in [0.5, 0.6) is 0 Å². The van der Waals surface area contributed by atoms with Crippen LogP contribution in [0.3, 0.4) is 0 Å². The van der Waals surface area contributed by atoms with E-state index in [4.69, 9.17) is 0 Å². The van der Waals surface area contributed by atoms with Crippen molar-refractivity contribution in [2.45, 2.75) is 38.0 Å². The maximum atomic E-state index is 12.7. The molecule has 0 radical (unpaired) electrons. The Morgan fingerprint density at radius 2 is 1.03 bits per heavy atom. The van der Waals surface area contributed by atoms with Crippen LogP contribution in [-0.4, -0.2) is 45.5 Å². The fourth-order valence-electron chi connectivity index (χ4n) is 3.73. The molecule has 0 bridgehead atoms. The van der Waals surface area contributed by atoms with E-state index in [0.29, 0.717) is 0 Å². The summed E-state index contributed by atoms with van der Waals surface area (Å²) < 4.78 is 0. The van der Waals surface area contributed by atoms with E-state index in [2.05, 4.69) is 5.32 Å². The number of hydrogen-bond acceptors (Lipinski definition) is 5. The molecule has 0 aromatic heterocycles. The zero-order valence-corrected chi connectivity index (χ0v) is 15.8. The standard InChI is InChI=1S/C22H21N3O4/c26-19-11-17(21(28)24(19)13-15-7-3-1-4-8-15)23-18-12-20(27)25(22(18)29)14-16-9-5-2-6-10-16/h1-10,17-18,23H,11-14H2/t17-,18-/m1/s1. The molecule has 4 amide bonds. The molecule has 0 saturated carbocycles. The van der Waals surface area contributed by atoms with Gasteiger partial charge in [0, 0.05) is 0 Å². The molecule has 2 fully saturated rings. The van der Waals surface area contributed by atoms with Crippen LogP contribution in [-0.2, 0) is 32.3 Å². The van der Waals surface area contributed by atoms with Gasteiger partial charge < -0.3 is 0 Å². The summed E-state index contributed by atoms with van der Waals surface area (Å²) in [6, 6.07) is 16.9. The van der Waals surface area contributed by atoms with Crippen molar-refractivity contribution >= 4 is 23.6 Å². The van der Waals surface area contributed by atoms with Crippen molar-refractivity contribution in [3.63, 3.8) is 0 Å². The minimum Gasteiger partial charge on any atom is -0.294 e. The van der Waals surface area contributed by atoms with Crippen LogP contribution in [0, 0.1) is 0 Å². The minimum atomic E-state index is -0.787. The van der Waals surface area contributed by atoms with E-state index >= 15 is 0 Å². The summed E-state index contributed by atoms with van der Waals surface area (Å²) in [5.74, 6) is -1.29. The summed E-state index contributed by atoms with van der Waals surface area (Å²) in [6.45, 7) is 0.405. The van der Waals surface area contributed by atoms with Crippen molar-refractivity contribution < 1.29 is 19.2 Å². The van der Waals surface area contributed by atoms with E-state index in [1.165, 1.54) is 9.80 Å². The molecule has 148 valence electrons. The molecule has 2 aromatic rings. The molecular formula is C22H21N3O4. The SMILES string of the molecule is O=C1C[C@@H](N[C@@H]2CC(=O)N(Cc3ccccc3)C2=O)C(=O)N1Cc1ccccc1. The predicted molar refractivity (Wildman–Crippen MR) is 104 cm³/mol. The Kier molecular flexibility index (Phi) is 5.22. The Morgan fingerprint density at radius 1 is 0.655 bits per heavy atom. The summed E-state index contributed by atoms with van der Waals surface area (Å²) in [5.41, 5.74) is 1.71. The Bertz CT molecular complexity index is 868. The molecular weight excluding hydrogens is 370 g/mol. The van der Waals surface area contributed by atoms with Gasteiger partial charge in [-0.15, -0.1) is 0 Å². The summed E-state index contributed by atoms with van der Waals surface area (Å²) in [6.07, 6.45) is -0.0232. The first-order chi connectivity index (χ1) is 14.0. The molecule has 0 unspecified atom stereocenters. The van der Waals surface area contributed by atoms with E-state index in [0.717, 1.165) is 11.1 Å². The van der Waals surface area contributed by atoms with Crippen LogP contribution in [0.2, 0.25) is 0 Å². The number of carbonyl (C=O) groups is 4. The van der Waals surface area contributed by atoms with Crippen LogP contribution in [0.1, 0.15) is 24.0 Å². The van der Waals surface area contributed by atoms with Gasteiger partial charge >= 0.3 is 0 Å². The van der Waals surface area contributed by atoms with Crippen LogP contribution < -0.4 is 5.32 Å². The second-order valence-corrected chi connectivity index (χ2v) is 7.29. The Labute approximate surface area is 168 Å². The van der Waals surface area contributed by atoms with Gasteiger partial charge in [-0.25, -0.2) is 0 Å². The number of imide groups is 2. The van der Waals surface area contributed by atoms with Gasteiger partial charge in [-0.1, -0.05) is 60.7 Å². The fourth-order valence-corrected chi connectivity index (χ4v) is 3.73. The van der Waals surface area contributed by atoms with Crippen LogP contribution in [0.25, 0.3) is 0 Å². The molecule has 7 heteroatoms. The molecule has 2 heterocycles. The van der Waals surface area contributed by atoms with Crippen molar-refractivity contribution in [2.24, 2.45) is 0 Å². The zero-order chi connectivity index (χ0) is 20.4. The predicted octanol–water partition coefficient (Wildman–Crippen LogP) is 1.23. The summed E-state index contributed by atoms with van der Waals surface area (Å²) >= 11 is 0. The minimum absolute atomic E-state index is 0.0116. The van der Waals surface area contributed by atoms with Crippen LogP contribution >= 0.6 is 0 Å². The first-order valence-electron chi connectivity index (χ1n) is 9.55. The zero-order valence-electron chi connectivity index (χ0n) is 15.8. The lowest BCUT2D eigenvalue weighted by atomic mass is 10.1. The van der Waals surface area contributed by atoms with Gasteiger partial charge in [0.15, 0.2) is 0 Å². The number of benzene rings is 2. The Morgan fingerprint density at radius 3 is 1.41 bits per heavy atom. The average molecular weight is 391 g/mol. The number of nitrogens with one attached hydrogen (secondary N) is 1. The summed E-state index contributed by atoms with van der Waals surface area (Å²) in [4.78, 5) is 52.5. The van der Waals surface area contributed by atoms with E-state index < -0.39 is 12.1 Å². The molecule has 7 nitrogen and oxygen atoms in total. The van der Waals surface area contributed by atoms with Crippen molar-refractivity contribution in [1.82, 2.24) is 15.1 Å². The highest BCUT2D eigenvalue weighted by atomic mass is 16.2. The van der Waals surface area contributed by atoms with Crippen molar-refractivity contribution in [1.29, 1.82) is 0 Å². The number of hydrogen-bond donors (Lipinski definition) is 1. The first-order valence-corrected chi connectivity index (χ1v) is 9.55. The highest BCUT2D eigenvalue weighted by molar-refractivity contribution is 6.08. The molecule has 29 heavy (non-hydrogen) atoms. The number of likely N-dealkylation sites (tertiary alicyclic amines) is 2. The van der Waals surface area contributed by atoms with Crippen molar-refractivity contribution in [2.75, 3.05) is 0 Å². The molecule has 2 atom stereocenters. The second-order valence-electron chi connectivity index (χ2n) is 7.29. The third-order valence-electron chi connectivity index (χ3n) is 5.26. The van der Waals surface area contributed by atoms with Gasteiger partial charge in [-0.2, -0.15) is 0 Å². The lowest BCUT2D eigenvalue weighted by Crippen LogP contribution is -2.47.